The van der Waals surface area contributed by atoms with Gasteiger partial charge in [0.15, 0.2) is 0 Å². The van der Waals surface area contributed by atoms with Gasteiger partial charge in [0.1, 0.15) is 0 Å². The molecule has 0 aliphatic rings. The molecule has 1 aromatic heterocycles. The molecule has 4 heteroatoms. The van der Waals surface area contributed by atoms with Crippen molar-refractivity contribution in [3.05, 3.63) is 52.8 Å². The lowest BCUT2D eigenvalue weighted by Gasteiger charge is -2.29. The lowest BCUT2D eigenvalue weighted by atomic mass is 9.79. The Bertz CT molecular complexity index is 531. The fourth-order valence-corrected chi connectivity index (χ4v) is 3.08. The number of nitrogens with two attached hydrogens (primary N) is 1. The Kier molecular flexibility index (Phi) is 4.84. The average molecular weight is 292 g/mol. The third-order valence-electron chi connectivity index (χ3n) is 4.08. The highest BCUT2D eigenvalue weighted by Gasteiger charge is 2.29. The summed E-state index contributed by atoms with van der Waals surface area (Å²) in [4.78, 5) is 0. The number of nitrogens with zero attached hydrogens (tertiary/aromatic N) is 2. The van der Waals surface area contributed by atoms with Gasteiger partial charge in [0.25, 0.3) is 0 Å². The average Bonchev–Trinajstić information content (AvgIpc) is 2.79. The predicted molar refractivity (Wildman–Crippen MR) is 83.8 cm³/mol. The predicted octanol–water partition coefficient (Wildman–Crippen LogP) is 3.90. The fourth-order valence-electron chi connectivity index (χ4n) is 2.78. The molecule has 3 nitrogen and oxygen atoms in total. The first-order valence-corrected chi connectivity index (χ1v) is 7.42. The van der Waals surface area contributed by atoms with E-state index < -0.39 is 0 Å². The quantitative estimate of drug-likeness (QED) is 0.908. The Morgan fingerprint density at radius 2 is 1.95 bits per heavy atom. The van der Waals surface area contributed by atoms with Crippen LogP contribution in [0.3, 0.4) is 0 Å². The van der Waals surface area contributed by atoms with E-state index in [9.17, 15) is 0 Å². The second-order valence-corrected chi connectivity index (χ2v) is 5.76. The summed E-state index contributed by atoms with van der Waals surface area (Å²) in [5, 5.41) is 4.85. The van der Waals surface area contributed by atoms with Crippen LogP contribution >= 0.6 is 11.6 Å². The van der Waals surface area contributed by atoms with Crippen LogP contribution in [-0.2, 0) is 7.05 Å². The topological polar surface area (TPSA) is 43.8 Å². The highest BCUT2D eigenvalue weighted by Crippen LogP contribution is 2.38. The number of aromatic nitrogens is 2. The number of rotatable bonds is 5. The smallest absolute Gasteiger partial charge is 0.0834 e. The monoisotopic (exact) mass is 291 g/mol. The SMILES string of the molecule is CCC(C)C(c1ccccc1)C(N)c1c(Cl)cnn1C. The fraction of sp³-hybridized carbons (Fsp3) is 0.438. The third kappa shape index (κ3) is 2.89. The van der Waals surface area contributed by atoms with E-state index in [1.54, 1.807) is 10.9 Å². The molecule has 0 fully saturated rings. The Morgan fingerprint density at radius 3 is 2.45 bits per heavy atom. The van der Waals surface area contributed by atoms with Crippen molar-refractivity contribution in [2.24, 2.45) is 18.7 Å². The second-order valence-electron chi connectivity index (χ2n) is 5.35. The van der Waals surface area contributed by atoms with Gasteiger partial charge in [-0.05, 0) is 11.5 Å². The van der Waals surface area contributed by atoms with Crippen LogP contribution in [0.1, 0.15) is 43.5 Å². The second kappa shape index (κ2) is 6.42. The van der Waals surface area contributed by atoms with Crippen LogP contribution in [0.5, 0.6) is 0 Å². The van der Waals surface area contributed by atoms with Crippen molar-refractivity contribution in [2.45, 2.75) is 32.2 Å². The molecule has 2 aromatic rings. The van der Waals surface area contributed by atoms with Crippen molar-refractivity contribution in [1.82, 2.24) is 9.78 Å². The van der Waals surface area contributed by atoms with E-state index in [0.717, 1.165) is 12.1 Å². The van der Waals surface area contributed by atoms with Gasteiger partial charge >= 0.3 is 0 Å². The largest absolute Gasteiger partial charge is 0.322 e. The zero-order valence-electron chi connectivity index (χ0n) is 12.3. The molecule has 0 aliphatic heterocycles. The minimum absolute atomic E-state index is 0.160. The molecular weight excluding hydrogens is 270 g/mol. The molecule has 2 rings (SSSR count). The number of halogens is 1. The first-order chi connectivity index (χ1) is 9.56. The molecule has 1 aromatic carbocycles. The summed E-state index contributed by atoms with van der Waals surface area (Å²) in [6.07, 6.45) is 2.73. The maximum atomic E-state index is 6.55. The van der Waals surface area contributed by atoms with Crippen LogP contribution < -0.4 is 5.73 Å². The van der Waals surface area contributed by atoms with Crippen molar-refractivity contribution < 1.29 is 0 Å². The molecule has 0 bridgehead atoms. The standard InChI is InChI=1S/C16H22ClN3/c1-4-11(2)14(12-8-6-5-7-9-12)15(18)16-13(17)10-19-20(16)3/h5-11,14-15H,4,18H2,1-3H3. The molecular formula is C16H22ClN3. The van der Waals surface area contributed by atoms with Crippen molar-refractivity contribution in [3.63, 3.8) is 0 Å². The summed E-state index contributed by atoms with van der Waals surface area (Å²) in [6, 6.07) is 10.3. The highest BCUT2D eigenvalue weighted by atomic mass is 35.5. The number of hydrogen-bond acceptors (Lipinski definition) is 2. The van der Waals surface area contributed by atoms with Gasteiger partial charge in [-0.2, -0.15) is 5.10 Å². The highest BCUT2D eigenvalue weighted by molar-refractivity contribution is 6.31. The van der Waals surface area contributed by atoms with E-state index in [1.165, 1.54) is 5.56 Å². The van der Waals surface area contributed by atoms with E-state index in [1.807, 2.05) is 13.1 Å². The molecule has 0 spiro atoms. The van der Waals surface area contributed by atoms with Crippen molar-refractivity contribution in [2.75, 3.05) is 0 Å². The minimum Gasteiger partial charge on any atom is -0.322 e. The van der Waals surface area contributed by atoms with Crippen molar-refractivity contribution in [1.29, 1.82) is 0 Å². The Balaban J connectivity index is 2.42. The number of aryl methyl sites for hydroxylation is 1. The van der Waals surface area contributed by atoms with E-state index >= 15 is 0 Å². The van der Waals surface area contributed by atoms with Gasteiger partial charge in [-0.15, -0.1) is 0 Å². The normalized spacial score (nSPS) is 15.8. The third-order valence-corrected chi connectivity index (χ3v) is 4.37. The van der Waals surface area contributed by atoms with E-state index in [-0.39, 0.29) is 12.0 Å². The lowest BCUT2D eigenvalue weighted by Crippen LogP contribution is -2.27. The van der Waals surface area contributed by atoms with Gasteiger partial charge in [0, 0.05) is 13.0 Å². The van der Waals surface area contributed by atoms with Gasteiger partial charge in [-0.1, -0.05) is 62.2 Å². The molecule has 0 radical (unpaired) electrons. The Labute approximate surface area is 125 Å². The van der Waals surface area contributed by atoms with Crippen LogP contribution in [0.4, 0.5) is 0 Å². The summed E-state index contributed by atoms with van der Waals surface area (Å²) < 4.78 is 1.78. The molecule has 0 saturated heterocycles. The van der Waals surface area contributed by atoms with E-state index in [2.05, 4.69) is 43.2 Å². The van der Waals surface area contributed by atoms with E-state index in [0.29, 0.717) is 10.9 Å². The van der Waals surface area contributed by atoms with Gasteiger partial charge in [0.05, 0.1) is 23.0 Å². The summed E-state index contributed by atoms with van der Waals surface area (Å²) in [5.74, 6) is 0.701. The van der Waals surface area contributed by atoms with E-state index in [4.69, 9.17) is 17.3 Å². The first kappa shape index (κ1) is 15.1. The molecule has 3 atom stereocenters. The lowest BCUT2D eigenvalue weighted by molar-refractivity contribution is 0.376. The number of benzene rings is 1. The van der Waals surface area contributed by atoms with Gasteiger partial charge in [-0.25, -0.2) is 0 Å². The van der Waals surface area contributed by atoms with Crippen LogP contribution in [0.25, 0.3) is 0 Å². The summed E-state index contributed by atoms with van der Waals surface area (Å²) in [5.41, 5.74) is 8.71. The Hall–Kier alpha value is -1.32. The molecule has 2 N–H and O–H groups in total. The molecule has 1 heterocycles. The summed E-state index contributed by atoms with van der Waals surface area (Å²) in [6.45, 7) is 4.43. The molecule has 0 amide bonds. The summed E-state index contributed by atoms with van der Waals surface area (Å²) in [7, 11) is 1.89. The van der Waals surface area contributed by atoms with Crippen molar-refractivity contribution in [3.8, 4) is 0 Å². The van der Waals surface area contributed by atoms with Crippen molar-refractivity contribution >= 4 is 11.6 Å². The maximum Gasteiger partial charge on any atom is 0.0834 e. The van der Waals surface area contributed by atoms with Crippen LogP contribution in [-0.4, -0.2) is 9.78 Å². The molecule has 0 aliphatic carbocycles. The van der Waals surface area contributed by atoms with Gasteiger partial charge in [0.2, 0.25) is 0 Å². The van der Waals surface area contributed by atoms with Crippen LogP contribution in [0.15, 0.2) is 36.5 Å². The first-order valence-electron chi connectivity index (χ1n) is 7.04. The molecule has 3 unspecified atom stereocenters. The summed E-state index contributed by atoms with van der Waals surface area (Å²) >= 11 is 6.26. The minimum atomic E-state index is -0.160. The van der Waals surface area contributed by atoms with Gasteiger partial charge < -0.3 is 5.73 Å². The zero-order chi connectivity index (χ0) is 14.7. The molecule has 108 valence electrons. The maximum absolute atomic E-state index is 6.55. The number of hydrogen-bond donors (Lipinski definition) is 1. The van der Waals surface area contributed by atoms with Gasteiger partial charge in [-0.3, -0.25) is 4.68 Å². The zero-order valence-corrected chi connectivity index (χ0v) is 13.0. The Morgan fingerprint density at radius 1 is 1.30 bits per heavy atom. The molecule has 0 saturated carbocycles. The van der Waals surface area contributed by atoms with Crippen LogP contribution in [0.2, 0.25) is 5.02 Å². The van der Waals surface area contributed by atoms with Crippen LogP contribution in [0, 0.1) is 5.92 Å². The molecule has 20 heavy (non-hydrogen) atoms.